The normalized spacial score (nSPS) is 10.3. The fraction of sp³-hybridized carbons (Fsp3) is 0.400. The second-order valence-electron chi connectivity index (χ2n) is 3.38. The van der Waals surface area contributed by atoms with Gasteiger partial charge in [0.15, 0.2) is 6.79 Å². The van der Waals surface area contributed by atoms with Crippen molar-refractivity contribution < 1.29 is 14.4 Å². The molecule has 0 radical (unpaired) electrons. The first-order valence-corrected chi connectivity index (χ1v) is 6.52. The van der Waals surface area contributed by atoms with Crippen molar-refractivity contribution in [2.45, 2.75) is 13.0 Å². The number of nitrogens with zero attached hydrogens (tertiary/aromatic N) is 1. The molecule has 1 aromatic rings. The van der Waals surface area contributed by atoms with E-state index in [-0.39, 0.29) is 12.5 Å². The summed E-state index contributed by atoms with van der Waals surface area (Å²) in [5, 5.41) is 10.5. The van der Waals surface area contributed by atoms with E-state index >= 15 is 0 Å². The van der Waals surface area contributed by atoms with Gasteiger partial charge >= 0.3 is 0 Å². The van der Waals surface area contributed by atoms with E-state index in [0.29, 0.717) is 12.4 Å². The van der Waals surface area contributed by atoms with Crippen molar-refractivity contribution in [3.05, 3.63) is 33.9 Å². The van der Waals surface area contributed by atoms with Gasteiger partial charge in [-0.15, -0.1) is 0 Å². The Bertz CT molecular complexity index is 370. The van der Waals surface area contributed by atoms with Gasteiger partial charge in [-0.2, -0.15) is 0 Å². The summed E-state index contributed by atoms with van der Waals surface area (Å²) in [5.74, 6) is 0.624. The molecule has 5 nitrogen and oxygen atoms in total. The molecule has 0 saturated carbocycles. The zero-order valence-electron chi connectivity index (χ0n) is 9.43. The minimum absolute atomic E-state index is 0.0744. The van der Waals surface area contributed by atoms with Crippen LogP contribution in [0.5, 0.6) is 5.75 Å². The van der Waals surface area contributed by atoms with Crippen LogP contribution in [0.1, 0.15) is 5.56 Å². The molecule has 0 heterocycles. The third-order valence-electron chi connectivity index (χ3n) is 2.02. The van der Waals surface area contributed by atoms with Crippen molar-refractivity contribution in [2.75, 3.05) is 13.4 Å². The van der Waals surface area contributed by atoms with Gasteiger partial charge in [0.25, 0.3) is 5.69 Å². The maximum Gasteiger partial charge on any atom is 0.269 e. The molecule has 0 aliphatic carbocycles. The number of benzene rings is 1. The lowest BCUT2D eigenvalue weighted by molar-refractivity contribution is -0.384. The van der Waals surface area contributed by atoms with Crippen LogP contribution in [0.4, 0.5) is 5.69 Å². The topological polar surface area (TPSA) is 61.6 Å². The monoisotopic (exact) mass is 241 g/mol. The number of ether oxygens (including phenoxy) is 2. The molecule has 0 aliphatic heterocycles. The molecule has 0 aromatic heterocycles. The summed E-state index contributed by atoms with van der Waals surface area (Å²) in [6.07, 6.45) is 0. The smallest absolute Gasteiger partial charge is 0.269 e. The molecule has 0 saturated heterocycles. The van der Waals surface area contributed by atoms with Crippen LogP contribution in [0.2, 0.25) is 6.04 Å². The van der Waals surface area contributed by atoms with Gasteiger partial charge in [0.2, 0.25) is 0 Å². The molecule has 1 rings (SSSR count). The molecule has 88 valence electrons. The van der Waals surface area contributed by atoms with Crippen molar-refractivity contribution in [1.29, 1.82) is 0 Å². The van der Waals surface area contributed by atoms with Gasteiger partial charge in [-0.25, -0.2) is 0 Å². The van der Waals surface area contributed by atoms with E-state index in [1.165, 1.54) is 12.1 Å². The van der Waals surface area contributed by atoms with Gasteiger partial charge in [-0.3, -0.25) is 10.1 Å². The largest absolute Gasteiger partial charge is 0.467 e. The summed E-state index contributed by atoms with van der Waals surface area (Å²) in [4.78, 5) is 10.1. The SMILES string of the molecule is Cc1cc([N+](=O)[O-])ccc1OCOCC[SiH3]. The van der Waals surface area contributed by atoms with Gasteiger partial charge in [-0.1, -0.05) is 0 Å². The first-order chi connectivity index (χ1) is 7.65. The number of hydrogen-bond acceptors (Lipinski definition) is 4. The molecule has 0 amide bonds. The van der Waals surface area contributed by atoms with E-state index in [2.05, 4.69) is 0 Å². The summed E-state index contributed by atoms with van der Waals surface area (Å²) in [5.41, 5.74) is 0.814. The lowest BCUT2D eigenvalue weighted by Crippen LogP contribution is -2.04. The molecular weight excluding hydrogens is 226 g/mol. The van der Waals surface area contributed by atoms with E-state index in [1.807, 2.05) is 0 Å². The zero-order chi connectivity index (χ0) is 12.0. The Labute approximate surface area is 96.9 Å². The van der Waals surface area contributed by atoms with Crippen molar-refractivity contribution in [2.24, 2.45) is 0 Å². The molecule has 0 fully saturated rings. The van der Waals surface area contributed by atoms with Crippen LogP contribution < -0.4 is 4.74 Å². The Morgan fingerprint density at radius 2 is 2.25 bits per heavy atom. The highest BCUT2D eigenvalue weighted by molar-refractivity contribution is 6.08. The summed E-state index contributed by atoms with van der Waals surface area (Å²) >= 11 is 0. The van der Waals surface area contributed by atoms with E-state index in [4.69, 9.17) is 9.47 Å². The predicted molar refractivity (Wildman–Crippen MR) is 64.0 cm³/mol. The number of nitro groups is 1. The molecule has 16 heavy (non-hydrogen) atoms. The highest BCUT2D eigenvalue weighted by Gasteiger charge is 2.08. The molecule has 1 aromatic carbocycles. The summed E-state index contributed by atoms with van der Waals surface area (Å²) in [6, 6.07) is 5.58. The standard InChI is InChI=1S/C10H15NO4Si/c1-8-6-9(11(12)13)2-3-10(8)15-7-14-4-5-16/h2-3,6H,4-5,7H2,1,16H3. The Morgan fingerprint density at radius 3 is 2.81 bits per heavy atom. The molecule has 0 spiro atoms. The van der Waals surface area contributed by atoms with E-state index in [0.717, 1.165) is 21.9 Å². The van der Waals surface area contributed by atoms with Crippen LogP contribution in [-0.2, 0) is 4.74 Å². The van der Waals surface area contributed by atoms with Crippen molar-refractivity contribution in [3.63, 3.8) is 0 Å². The third kappa shape index (κ3) is 3.63. The molecule has 0 atom stereocenters. The summed E-state index contributed by atoms with van der Waals surface area (Å²) < 4.78 is 10.5. The minimum Gasteiger partial charge on any atom is -0.467 e. The molecule has 0 bridgehead atoms. The first-order valence-electron chi connectivity index (χ1n) is 5.10. The van der Waals surface area contributed by atoms with Gasteiger partial charge in [-0.05, 0) is 24.6 Å². The quantitative estimate of drug-likeness (QED) is 0.245. The highest BCUT2D eigenvalue weighted by atomic mass is 28.1. The Kier molecular flexibility index (Phi) is 4.94. The van der Waals surface area contributed by atoms with Crippen LogP contribution in [0.25, 0.3) is 0 Å². The minimum atomic E-state index is -0.422. The van der Waals surface area contributed by atoms with Gasteiger partial charge in [0, 0.05) is 29.0 Å². The van der Waals surface area contributed by atoms with Gasteiger partial charge < -0.3 is 9.47 Å². The van der Waals surface area contributed by atoms with E-state index in [9.17, 15) is 10.1 Å². The average Bonchev–Trinajstić information content (AvgIpc) is 2.26. The number of aryl methyl sites for hydroxylation is 1. The maximum absolute atomic E-state index is 10.5. The van der Waals surface area contributed by atoms with E-state index in [1.54, 1.807) is 13.0 Å². The van der Waals surface area contributed by atoms with Gasteiger partial charge in [0.05, 0.1) is 4.92 Å². The highest BCUT2D eigenvalue weighted by Crippen LogP contribution is 2.23. The molecule has 0 unspecified atom stereocenters. The predicted octanol–water partition coefficient (Wildman–Crippen LogP) is 1.04. The van der Waals surface area contributed by atoms with Crippen molar-refractivity contribution in [1.82, 2.24) is 0 Å². The molecular formula is C10H15NO4Si. The molecule has 0 aliphatic rings. The number of hydrogen-bond donors (Lipinski definition) is 0. The lowest BCUT2D eigenvalue weighted by atomic mass is 10.2. The fourth-order valence-electron chi connectivity index (χ4n) is 1.22. The lowest BCUT2D eigenvalue weighted by Gasteiger charge is -2.08. The number of nitro benzene ring substituents is 1. The van der Waals surface area contributed by atoms with Crippen molar-refractivity contribution >= 4 is 15.9 Å². The average molecular weight is 241 g/mol. The Hall–Kier alpha value is -1.40. The molecule has 0 N–H and O–H groups in total. The van der Waals surface area contributed by atoms with Crippen LogP contribution in [-0.4, -0.2) is 28.6 Å². The number of rotatable bonds is 6. The summed E-state index contributed by atoms with van der Waals surface area (Å²) in [6.45, 7) is 2.67. The first kappa shape index (κ1) is 12.7. The van der Waals surface area contributed by atoms with Crippen LogP contribution >= 0.6 is 0 Å². The van der Waals surface area contributed by atoms with Gasteiger partial charge in [0.1, 0.15) is 5.75 Å². The second kappa shape index (κ2) is 6.24. The third-order valence-corrected chi connectivity index (χ3v) is 2.42. The van der Waals surface area contributed by atoms with Crippen LogP contribution in [0, 0.1) is 17.0 Å². The maximum atomic E-state index is 10.5. The summed E-state index contributed by atoms with van der Waals surface area (Å²) in [7, 11) is 1.12. The molecule has 6 heteroatoms. The Morgan fingerprint density at radius 1 is 1.50 bits per heavy atom. The number of non-ortho nitro benzene ring substituents is 1. The van der Waals surface area contributed by atoms with Crippen molar-refractivity contribution in [3.8, 4) is 5.75 Å². The van der Waals surface area contributed by atoms with Crippen LogP contribution in [0.15, 0.2) is 18.2 Å². The zero-order valence-corrected chi connectivity index (χ0v) is 11.4. The Balaban J connectivity index is 2.57. The van der Waals surface area contributed by atoms with E-state index < -0.39 is 4.92 Å². The van der Waals surface area contributed by atoms with Crippen LogP contribution in [0.3, 0.4) is 0 Å². The second-order valence-corrected chi connectivity index (χ2v) is 4.38. The fourth-order valence-corrected chi connectivity index (χ4v) is 1.51.